The molecule has 0 heterocycles. The van der Waals surface area contributed by atoms with Crippen LogP contribution in [0.2, 0.25) is 10.0 Å². The molecule has 1 atom stereocenters. The molecule has 4 heteroatoms. The van der Waals surface area contributed by atoms with Crippen LogP contribution in [0.25, 0.3) is 11.1 Å². The zero-order chi connectivity index (χ0) is 13.8. The Morgan fingerprint density at radius 1 is 0.950 bits per heavy atom. The highest BCUT2D eigenvalue weighted by Gasteiger charge is 2.04. The third-order valence-corrected chi connectivity index (χ3v) is 3.61. The van der Waals surface area contributed by atoms with Crippen LogP contribution in [0.1, 0.15) is 18.9 Å². The highest BCUT2D eigenvalue weighted by Crippen LogP contribution is 2.27. The second kappa shape index (κ2) is 7.90. The van der Waals surface area contributed by atoms with Crippen LogP contribution < -0.4 is 5.73 Å². The molecule has 1 nitrogen and oxygen atoms in total. The van der Waals surface area contributed by atoms with E-state index in [0.29, 0.717) is 10.0 Å². The number of nitrogens with two attached hydrogens (primary N) is 1. The normalized spacial score (nSPS) is 11.8. The van der Waals surface area contributed by atoms with Gasteiger partial charge in [-0.3, -0.25) is 0 Å². The number of hydrogen-bond acceptors (Lipinski definition) is 1. The van der Waals surface area contributed by atoms with Gasteiger partial charge in [0.15, 0.2) is 0 Å². The smallest absolute Gasteiger partial charge is 0.0426 e. The summed E-state index contributed by atoms with van der Waals surface area (Å²) < 4.78 is 0. The Kier molecular flexibility index (Phi) is 6.84. The van der Waals surface area contributed by atoms with Crippen molar-refractivity contribution in [2.24, 2.45) is 5.73 Å². The van der Waals surface area contributed by atoms with E-state index in [4.69, 9.17) is 28.9 Å². The number of halogens is 3. The van der Waals surface area contributed by atoms with Crippen molar-refractivity contribution < 1.29 is 0 Å². The van der Waals surface area contributed by atoms with E-state index in [1.54, 1.807) is 6.07 Å². The monoisotopic (exact) mass is 329 g/mol. The van der Waals surface area contributed by atoms with Gasteiger partial charge in [0.1, 0.15) is 0 Å². The summed E-state index contributed by atoms with van der Waals surface area (Å²) in [4.78, 5) is 0. The molecule has 0 spiro atoms. The molecule has 0 fully saturated rings. The minimum absolute atomic E-state index is 0. The van der Waals surface area contributed by atoms with Gasteiger partial charge >= 0.3 is 0 Å². The molecule has 0 aliphatic heterocycles. The fourth-order valence-electron chi connectivity index (χ4n) is 2.00. The van der Waals surface area contributed by atoms with Crippen molar-refractivity contribution in [3.8, 4) is 11.1 Å². The molecule has 0 aliphatic carbocycles. The molecule has 0 aromatic heterocycles. The fraction of sp³-hybridized carbons (Fsp3) is 0.250. The summed E-state index contributed by atoms with van der Waals surface area (Å²) in [6, 6.07) is 14.2. The van der Waals surface area contributed by atoms with Crippen LogP contribution >= 0.6 is 35.6 Å². The van der Waals surface area contributed by atoms with Gasteiger partial charge in [-0.05, 0) is 47.7 Å². The van der Waals surface area contributed by atoms with Crippen LogP contribution in [0.15, 0.2) is 42.5 Å². The van der Waals surface area contributed by atoms with Crippen molar-refractivity contribution in [1.29, 1.82) is 0 Å². The summed E-state index contributed by atoms with van der Waals surface area (Å²) in [7, 11) is 0. The fourth-order valence-corrected chi connectivity index (χ4v) is 2.53. The lowest BCUT2D eigenvalue weighted by Gasteiger charge is -2.09. The molecule has 2 aromatic carbocycles. The van der Waals surface area contributed by atoms with Crippen molar-refractivity contribution in [2.45, 2.75) is 25.8 Å². The van der Waals surface area contributed by atoms with Crippen LogP contribution in [-0.2, 0) is 6.42 Å². The second-order valence-corrected chi connectivity index (χ2v) is 5.60. The third kappa shape index (κ3) is 4.68. The Balaban J connectivity index is 0.00000200. The Hall–Kier alpha value is -0.730. The lowest BCUT2D eigenvalue weighted by Crippen LogP contribution is -2.21. The zero-order valence-corrected chi connectivity index (χ0v) is 13.6. The van der Waals surface area contributed by atoms with Gasteiger partial charge in [0.05, 0.1) is 0 Å². The first-order valence-corrected chi connectivity index (χ1v) is 7.15. The average molecular weight is 331 g/mol. The predicted molar refractivity (Wildman–Crippen MR) is 91.1 cm³/mol. The minimum Gasteiger partial charge on any atom is -0.327 e. The SMILES string of the molecule is CCC(N)Cc1ccc(-c2cc(Cl)cc(Cl)c2)cc1.Cl. The summed E-state index contributed by atoms with van der Waals surface area (Å²) in [6.07, 6.45) is 1.90. The van der Waals surface area contributed by atoms with Crippen molar-refractivity contribution >= 4 is 35.6 Å². The first-order valence-electron chi connectivity index (χ1n) is 6.39. The maximum atomic E-state index is 6.02. The minimum atomic E-state index is 0. The molecular weight excluding hydrogens is 313 g/mol. The standard InChI is InChI=1S/C16H17Cl2N.ClH/c1-2-16(19)7-11-3-5-12(6-4-11)13-8-14(17)10-15(18)9-13;/h3-6,8-10,16H,2,7,19H2,1H3;1H. The van der Waals surface area contributed by atoms with Gasteiger partial charge < -0.3 is 5.73 Å². The molecule has 0 aliphatic rings. The van der Waals surface area contributed by atoms with Gasteiger partial charge in [-0.15, -0.1) is 12.4 Å². The van der Waals surface area contributed by atoms with Crippen molar-refractivity contribution in [1.82, 2.24) is 0 Å². The first-order chi connectivity index (χ1) is 9.08. The molecule has 2 aromatic rings. The van der Waals surface area contributed by atoms with E-state index in [1.807, 2.05) is 12.1 Å². The molecular formula is C16H18Cl3N. The molecule has 0 amide bonds. The van der Waals surface area contributed by atoms with Gasteiger partial charge in [-0.2, -0.15) is 0 Å². The van der Waals surface area contributed by atoms with E-state index in [-0.39, 0.29) is 18.4 Å². The molecule has 20 heavy (non-hydrogen) atoms. The van der Waals surface area contributed by atoms with E-state index in [9.17, 15) is 0 Å². The Bertz CT molecular complexity index is 532. The molecule has 1 unspecified atom stereocenters. The van der Waals surface area contributed by atoms with Crippen LogP contribution in [0, 0.1) is 0 Å². The second-order valence-electron chi connectivity index (χ2n) is 4.73. The Morgan fingerprint density at radius 2 is 1.50 bits per heavy atom. The van der Waals surface area contributed by atoms with Crippen LogP contribution in [-0.4, -0.2) is 6.04 Å². The summed E-state index contributed by atoms with van der Waals surface area (Å²) in [5.41, 5.74) is 9.36. The number of benzene rings is 2. The Labute approximate surface area is 136 Å². The van der Waals surface area contributed by atoms with E-state index >= 15 is 0 Å². The molecule has 2 rings (SSSR count). The first kappa shape index (κ1) is 17.3. The highest BCUT2D eigenvalue weighted by molar-refractivity contribution is 6.35. The molecule has 0 radical (unpaired) electrons. The maximum absolute atomic E-state index is 6.02. The summed E-state index contributed by atoms with van der Waals surface area (Å²) in [5.74, 6) is 0. The number of rotatable bonds is 4. The molecule has 2 N–H and O–H groups in total. The van der Waals surface area contributed by atoms with Gasteiger partial charge in [0.25, 0.3) is 0 Å². The van der Waals surface area contributed by atoms with Gasteiger partial charge in [0, 0.05) is 16.1 Å². The lowest BCUT2D eigenvalue weighted by molar-refractivity contribution is 0.646. The molecule has 0 saturated carbocycles. The topological polar surface area (TPSA) is 26.0 Å². The average Bonchev–Trinajstić information content (AvgIpc) is 2.38. The summed E-state index contributed by atoms with van der Waals surface area (Å²) in [6.45, 7) is 2.10. The van der Waals surface area contributed by atoms with Gasteiger partial charge in [-0.25, -0.2) is 0 Å². The zero-order valence-electron chi connectivity index (χ0n) is 11.3. The highest BCUT2D eigenvalue weighted by atomic mass is 35.5. The van der Waals surface area contributed by atoms with Crippen LogP contribution in [0.3, 0.4) is 0 Å². The van der Waals surface area contributed by atoms with Crippen LogP contribution in [0.5, 0.6) is 0 Å². The van der Waals surface area contributed by atoms with E-state index in [2.05, 4.69) is 31.2 Å². The molecule has 0 bridgehead atoms. The lowest BCUT2D eigenvalue weighted by atomic mass is 10.0. The quantitative estimate of drug-likeness (QED) is 0.802. The van der Waals surface area contributed by atoms with Crippen molar-refractivity contribution in [3.05, 3.63) is 58.1 Å². The maximum Gasteiger partial charge on any atom is 0.0426 e. The summed E-state index contributed by atoms with van der Waals surface area (Å²) >= 11 is 12.0. The molecule has 0 saturated heterocycles. The van der Waals surface area contributed by atoms with E-state index in [0.717, 1.165) is 24.0 Å². The van der Waals surface area contributed by atoms with E-state index < -0.39 is 0 Å². The predicted octanol–water partition coefficient (Wildman–Crippen LogP) is 5.36. The van der Waals surface area contributed by atoms with Gasteiger partial charge in [0.2, 0.25) is 0 Å². The summed E-state index contributed by atoms with van der Waals surface area (Å²) in [5, 5.41) is 1.30. The van der Waals surface area contributed by atoms with Gasteiger partial charge in [-0.1, -0.05) is 54.4 Å². The molecule has 108 valence electrons. The van der Waals surface area contributed by atoms with Crippen molar-refractivity contribution in [3.63, 3.8) is 0 Å². The van der Waals surface area contributed by atoms with E-state index in [1.165, 1.54) is 5.56 Å². The Morgan fingerprint density at radius 3 is 2.00 bits per heavy atom. The third-order valence-electron chi connectivity index (χ3n) is 3.17. The largest absolute Gasteiger partial charge is 0.327 e. The number of hydrogen-bond donors (Lipinski definition) is 1. The van der Waals surface area contributed by atoms with Crippen LogP contribution in [0.4, 0.5) is 0 Å². The van der Waals surface area contributed by atoms with Crippen molar-refractivity contribution in [2.75, 3.05) is 0 Å².